The van der Waals surface area contributed by atoms with Crippen LogP contribution in [0.4, 0.5) is 4.39 Å². The third-order valence-electron chi connectivity index (χ3n) is 3.08. The van der Waals surface area contributed by atoms with Gasteiger partial charge in [0.1, 0.15) is 5.82 Å². The van der Waals surface area contributed by atoms with E-state index >= 15 is 0 Å². The van der Waals surface area contributed by atoms with Crippen molar-refractivity contribution in [3.05, 3.63) is 71.5 Å². The fourth-order valence-electron chi connectivity index (χ4n) is 1.96. The van der Waals surface area contributed by atoms with Gasteiger partial charge in [-0.05, 0) is 11.6 Å². The van der Waals surface area contributed by atoms with Gasteiger partial charge in [0.25, 0.3) is 0 Å². The number of nitrogens with one attached hydrogen (secondary N) is 1. The molecular weight excluding hydrogens is 269 g/mol. The molecule has 0 radical (unpaired) electrons. The molecule has 4 heteroatoms. The third-order valence-corrected chi connectivity index (χ3v) is 3.08. The van der Waals surface area contributed by atoms with Crippen LogP contribution in [0.1, 0.15) is 11.1 Å². The number of rotatable bonds is 8. The maximum absolute atomic E-state index is 13.3. The fourth-order valence-corrected chi connectivity index (χ4v) is 1.96. The van der Waals surface area contributed by atoms with Crippen molar-refractivity contribution in [2.75, 3.05) is 13.2 Å². The molecule has 21 heavy (non-hydrogen) atoms. The summed E-state index contributed by atoms with van der Waals surface area (Å²) >= 11 is 0. The Labute approximate surface area is 124 Å². The van der Waals surface area contributed by atoms with Gasteiger partial charge in [0.2, 0.25) is 0 Å². The molecule has 0 spiro atoms. The molecule has 0 aliphatic rings. The van der Waals surface area contributed by atoms with Crippen LogP contribution in [0.15, 0.2) is 54.6 Å². The minimum absolute atomic E-state index is 0.169. The van der Waals surface area contributed by atoms with Crippen LogP contribution in [0, 0.1) is 5.82 Å². The highest BCUT2D eigenvalue weighted by atomic mass is 19.1. The second kappa shape index (κ2) is 8.52. The van der Waals surface area contributed by atoms with E-state index in [9.17, 15) is 9.50 Å². The Hall–Kier alpha value is -1.75. The molecule has 0 bridgehead atoms. The van der Waals surface area contributed by atoms with E-state index in [0.29, 0.717) is 18.7 Å². The van der Waals surface area contributed by atoms with Crippen molar-refractivity contribution in [1.82, 2.24) is 5.32 Å². The van der Waals surface area contributed by atoms with Gasteiger partial charge < -0.3 is 15.2 Å². The molecule has 112 valence electrons. The minimum atomic E-state index is -0.611. The van der Waals surface area contributed by atoms with Crippen LogP contribution in [-0.2, 0) is 17.9 Å². The standard InChI is InChI=1S/C17H20FNO2/c18-17-9-5-4-8-15(17)12-21-13-16(20)11-19-10-14-6-2-1-3-7-14/h1-9,16,19-20H,10-13H2. The molecule has 0 amide bonds. The van der Waals surface area contributed by atoms with Gasteiger partial charge in [-0.1, -0.05) is 48.5 Å². The van der Waals surface area contributed by atoms with Crippen molar-refractivity contribution in [3.63, 3.8) is 0 Å². The van der Waals surface area contributed by atoms with Crippen molar-refractivity contribution in [2.24, 2.45) is 0 Å². The quantitative estimate of drug-likeness (QED) is 0.784. The van der Waals surface area contributed by atoms with Crippen LogP contribution in [-0.4, -0.2) is 24.4 Å². The predicted octanol–water partition coefficient (Wildman–Crippen LogP) is 2.49. The van der Waals surface area contributed by atoms with Gasteiger partial charge in [-0.15, -0.1) is 0 Å². The molecule has 2 aromatic rings. The second-order valence-corrected chi connectivity index (χ2v) is 4.88. The van der Waals surface area contributed by atoms with Crippen LogP contribution in [0.5, 0.6) is 0 Å². The number of aliphatic hydroxyl groups excluding tert-OH is 1. The SMILES string of the molecule is OC(CNCc1ccccc1)COCc1ccccc1F. The third kappa shape index (κ3) is 5.63. The average Bonchev–Trinajstić information content (AvgIpc) is 2.50. The van der Waals surface area contributed by atoms with E-state index in [1.54, 1.807) is 18.2 Å². The van der Waals surface area contributed by atoms with Crippen LogP contribution < -0.4 is 5.32 Å². The number of benzene rings is 2. The Kier molecular flexibility index (Phi) is 6.34. The van der Waals surface area contributed by atoms with E-state index < -0.39 is 6.10 Å². The minimum Gasteiger partial charge on any atom is -0.389 e. The van der Waals surface area contributed by atoms with Gasteiger partial charge in [0.15, 0.2) is 0 Å². The Morgan fingerprint density at radius 1 is 1.05 bits per heavy atom. The lowest BCUT2D eigenvalue weighted by molar-refractivity contribution is 0.0277. The van der Waals surface area contributed by atoms with Crippen molar-refractivity contribution in [2.45, 2.75) is 19.3 Å². The van der Waals surface area contributed by atoms with Gasteiger partial charge in [0, 0.05) is 18.7 Å². The largest absolute Gasteiger partial charge is 0.389 e. The molecule has 0 saturated carbocycles. The van der Waals surface area contributed by atoms with Crippen molar-refractivity contribution in [3.8, 4) is 0 Å². The molecule has 0 fully saturated rings. The summed E-state index contributed by atoms with van der Waals surface area (Å²) in [7, 11) is 0. The highest BCUT2D eigenvalue weighted by Crippen LogP contribution is 2.07. The Morgan fingerprint density at radius 3 is 2.52 bits per heavy atom. The Bertz CT molecular complexity index is 533. The van der Waals surface area contributed by atoms with Gasteiger partial charge in [-0.2, -0.15) is 0 Å². The van der Waals surface area contributed by atoms with E-state index in [1.165, 1.54) is 6.07 Å². The molecule has 0 aliphatic carbocycles. The first kappa shape index (κ1) is 15.6. The summed E-state index contributed by atoms with van der Waals surface area (Å²) in [5.41, 5.74) is 1.67. The van der Waals surface area contributed by atoms with Gasteiger partial charge in [-0.25, -0.2) is 4.39 Å². The van der Waals surface area contributed by atoms with Gasteiger partial charge in [-0.3, -0.25) is 0 Å². The van der Waals surface area contributed by atoms with E-state index in [4.69, 9.17) is 4.74 Å². The first-order chi connectivity index (χ1) is 10.3. The number of hydrogen-bond donors (Lipinski definition) is 2. The second-order valence-electron chi connectivity index (χ2n) is 4.88. The molecule has 0 aliphatic heterocycles. The van der Waals surface area contributed by atoms with Crippen molar-refractivity contribution >= 4 is 0 Å². The summed E-state index contributed by atoms with van der Waals surface area (Å²) in [6.07, 6.45) is -0.611. The molecular formula is C17H20FNO2. The van der Waals surface area contributed by atoms with Gasteiger partial charge >= 0.3 is 0 Å². The number of aliphatic hydroxyl groups is 1. The molecule has 0 saturated heterocycles. The molecule has 3 nitrogen and oxygen atoms in total. The molecule has 1 unspecified atom stereocenters. The maximum atomic E-state index is 13.3. The smallest absolute Gasteiger partial charge is 0.128 e. The van der Waals surface area contributed by atoms with Gasteiger partial charge in [0.05, 0.1) is 19.3 Å². The number of ether oxygens (including phenoxy) is 1. The monoisotopic (exact) mass is 289 g/mol. The summed E-state index contributed by atoms with van der Waals surface area (Å²) in [6, 6.07) is 16.4. The Morgan fingerprint density at radius 2 is 1.76 bits per heavy atom. The molecule has 2 rings (SSSR count). The predicted molar refractivity (Wildman–Crippen MR) is 80.2 cm³/mol. The number of halogens is 1. The van der Waals surface area contributed by atoms with Crippen LogP contribution >= 0.6 is 0 Å². The topological polar surface area (TPSA) is 41.5 Å². The van der Waals surface area contributed by atoms with Crippen molar-refractivity contribution < 1.29 is 14.2 Å². The summed E-state index contributed by atoms with van der Waals surface area (Å²) < 4.78 is 18.7. The highest BCUT2D eigenvalue weighted by Gasteiger charge is 2.06. The zero-order valence-corrected chi connectivity index (χ0v) is 11.8. The lowest BCUT2D eigenvalue weighted by Gasteiger charge is -2.12. The molecule has 0 heterocycles. The molecule has 0 aromatic heterocycles. The zero-order chi connectivity index (χ0) is 14.9. The molecule has 2 aromatic carbocycles. The summed E-state index contributed by atoms with van der Waals surface area (Å²) in [4.78, 5) is 0. The number of hydrogen-bond acceptors (Lipinski definition) is 3. The summed E-state index contributed by atoms with van der Waals surface area (Å²) in [6.45, 7) is 1.48. The fraction of sp³-hybridized carbons (Fsp3) is 0.294. The normalized spacial score (nSPS) is 12.3. The zero-order valence-electron chi connectivity index (χ0n) is 11.8. The molecule has 2 N–H and O–H groups in total. The van der Waals surface area contributed by atoms with Crippen LogP contribution in [0.2, 0.25) is 0 Å². The van der Waals surface area contributed by atoms with Crippen LogP contribution in [0.3, 0.4) is 0 Å². The first-order valence-corrected chi connectivity index (χ1v) is 6.99. The highest BCUT2D eigenvalue weighted by molar-refractivity contribution is 5.16. The lowest BCUT2D eigenvalue weighted by Crippen LogP contribution is -2.30. The van der Waals surface area contributed by atoms with Crippen LogP contribution in [0.25, 0.3) is 0 Å². The first-order valence-electron chi connectivity index (χ1n) is 6.99. The van der Waals surface area contributed by atoms with E-state index in [1.807, 2.05) is 30.3 Å². The average molecular weight is 289 g/mol. The van der Waals surface area contributed by atoms with E-state index in [-0.39, 0.29) is 19.0 Å². The Balaban J connectivity index is 1.62. The maximum Gasteiger partial charge on any atom is 0.128 e. The van der Waals surface area contributed by atoms with E-state index in [2.05, 4.69) is 5.32 Å². The lowest BCUT2D eigenvalue weighted by atomic mass is 10.2. The summed E-state index contributed by atoms with van der Waals surface area (Å²) in [5, 5.41) is 13.0. The molecule has 1 atom stereocenters. The van der Waals surface area contributed by atoms with E-state index in [0.717, 1.165) is 5.56 Å². The van der Waals surface area contributed by atoms with Crippen molar-refractivity contribution in [1.29, 1.82) is 0 Å². The summed E-state index contributed by atoms with van der Waals surface area (Å²) in [5.74, 6) is -0.283.